The molecule has 0 fully saturated rings. The van der Waals surface area contributed by atoms with Gasteiger partial charge in [0.2, 0.25) is 0 Å². The molecule has 0 aliphatic carbocycles. The lowest BCUT2D eigenvalue weighted by molar-refractivity contribution is 1.01. The summed E-state index contributed by atoms with van der Waals surface area (Å²) in [4.78, 5) is 2.64. The zero-order valence-electron chi connectivity index (χ0n) is 11.6. The van der Waals surface area contributed by atoms with Gasteiger partial charge in [-0.2, -0.15) is 0 Å². The predicted molar refractivity (Wildman–Crippen MR) is 93.9 cm³/mol. The Labute approximate surface area is 133 Å². The van der Waals surface area contributed by atoms with Crippen molar-refractivity contribution in [1.82, 2.24) is 0 Å². The van der Waals surface area contributed by atoms with Crippen molar-refractivity contribution < 1.29 is 0 Å². The fourth-order valence-corrected chi connectivity index (χ4v) is 2.80. The Morgan fingerprint density at radius 2 is 1.90 bits per heavy atom. The molecule has 0 unspecified atom stereocenters. The lowest BCUT2D eigenvalue weighted by Crippen LogP contribution is -2.22. The Morgan fingerprint density at radius 3 is 2.50 bits per heavy atom. The van der Waals surface area contributed by atoms with Crippen LogP contribution in [0.1, 0.15) is 18.1 Å². The summed E-state index contributed by atoms with van der Waals surface area (Å²) in [5, 5.41) is 0. The first kappa shape index (κ1) is 15.0. The maximum absolute atomic E-state index is 5.88. The second-order valence-electron chi connectivity index (χ2n) is 4.56. The molecule has 0 heterocycles. The summed E-state index contributed by atoms with van der Waals surface area (Å²) in [5.74, 6) is 0. The molecule has 0 aliphatic heterocycles. The number of aryl methyl sites for hydroxylation is 1. The van der Waals surface area contributed by atoms with Crippen molar-refractivity contribution in [2.24, 2.45) is 5.73 Å². The highest BCUT2D eigenvalue weighted by Gasteiger charge is 2.15. The number of hydrogen-bond acceptors (Lipinski definition) is 2. The molecule has 2 aromatic carbocycles. The first-order valence-corrected chi connectivity index (χ1v) is 7.67. The quantitative estimate of drug-likeness (QED) is 0.821. The van der Waals surface area contributed by atoms with Crippen LogP contribution in [0.5, 0.6) is 0 Å². The van der Waals surface area contributed by atoms with Crippen molar-refractivity contribution in [3.63, 3.8) is 0 Å². The number of anilines is 2. The number of hydrogen-bond donors (Lipinski definition) is 1. The smallest absolute Gasteiger partial charge is 0.106 e. The SMILES string of the molecule is CCN(c1ccccc1C)c1ccc(Br)cc1C(N)=S. The molecule has 0 aliphatic rings. The van der Waals surface area contributed by atoms with Gasteiger partial charge in [-0.1, -0.05) is 46.3 Å². The van der Waals surface area contributed by atoms with E-state index < -0.39 is 0 Å². The Balaban J connectivity index is 2.58. The molecule has 2 aromatic rings. The first-order chi connectivity index (χ1) is 9.54. The minimum Gasteiger partial charge on any atom is -0.389 e. The minimum atomic E-state index is 0.410. The molecule has 0 spiro atoms. The highest BCUT2D eigenvalue weighted by Crippen LogP contribution is 2.32. The maximum Gasteiger partial charge on any atom is 0.106 e. The summed E-state index contributed by atoms with van der Waals surface area (Å²) in [6, 6.07) is 14.3. The summed E-state index contributed by atoms with van der Waals surface area (Å²) < 4.78 is 0.977. The highest BCUT2D eigenvalue weighted by molar-refractivity contribution is 9.10. The van der Waals surface area contributed by atoms with Crippen LogP contribution in [-0.2, 0) is 0 Å². The van der Waals surface area contributed by atoms with E-state index in [1.54, 1.807) is 0 Å². The van der Waals surface area contributed by atoms with E-state index in [2.05, 4.69) is 52.9 Å². The van der Waals surface area contributed by atoms with Gasteiger partial charge in [-0.15, -0.1) is 0 Å². The Bertz CT molecular complexity index is 640. The monoisotopic (exact) mass is 348 g/mol. The van der Waals surface area contributed by atoms with Crippen molar-refractivity contribution in [1.29, 1.82) is 0 Å². The lowest BCUT2D eigenvalue weighted by Gasteiger charge is -2.27. The average molecular weight is 349 g/mol. The van der Waals surface area contributed by atoms with Crippen LogP contribution in [0.2, 0.25) is 0 Å². The Morgan fingerprint density at radius 1 is 1.20 bits per heavy atom. The number of rotatable bonds is 4. The zero-order valence-corrected chi connectivity index (χ0v) is 14.0. The zero-order chi connectivity index (χ0) is 14.7. The van der Waals surface area contributed by atoms with Gasteiger partial charge in [0.15, 0.2) is 0 Å². The maximum atomic E-state index is 5.88. The predicted octanol–water partition coefficient (Wildman–Crippen LogP) is 4.55. The molecular weight excluding hydrogens is 332 g/mol. The van der Waals surface area contributed by atoms with E-state index in [-0.39, 0.29) is 0 Å². The summed E-state index contributed by atoms with van der Waals surface area (Å²) in [5.41, 5.74) is 10.2. The van der Waals surface area contributed by atoms with Crippen LogP contribution in [0.15, 0.2) is 46.9 Å². The first-order valence-electron chi connectivity index (χ1n) is 6.47. The van der Waals surface area contributed by atoms with Crippen LogP contribution >= 0.6 is 28.1 Å². The molecule has 0 atom stereocenters. The summed E-state index contributed by atoms with van der Waals surface area (Å²) >= 11 is 8.66. The third-order valence-electron chi connectivity index (χ3n) is 3.24. The van der Waals surface area contributed by atoms with Gasteiger partial charge in [0.25, 0.3) is 0 Å². The van der Waals surface area contributed by atoms with Crippen molar-refractivity contribution in [3.05, 3.63) is 58.1 Å². The molecule has 2 rings (SSSR count). The second kappa shape index (κ2) is 6.37. The molecule has 2 nitrogen and oxygen atoms in total. The van der Waals surface area contributed by atoms with E-state index in [0.717, 1.165) is 22.3 Å². The van der Waals surface area contributed by atoms with E-state index in [9.17, 15) is 0 Å². The Hall–Kier alpha value is -1.39. The third-order valence-corrected chi connectivity index (χ3v) is 3.95. The fraction of sp³-hybridized carbons (Fsp3) is 0.188. The molecule has 0 amide bonds. The summed E-state index contributed by atoms with van der Waals surface area (Å²) in [7, 11) is 0. The molecule has 0 radical (unpaired) electrons. The molecule has 2 N–H and O–H groups in total. The largest absolute Gasteiger partial charge is 0.389 e. The van der Waals surface area contributed by atoms with Crippen LogP contribution in [0, 0.1) is 6.92 Å². The topological polar surface area (TPSA) is 29.3 Å². The van der Waals surface area contributed by atoms with Gasteiger partial charge < -0.3 is 10.6 Å². The van der Waals surface area contributed by atoms with Gasteiger partial charge in [0.1, 0.15) is 4.99 Å². The van der Waals surface area contributed by atoms with E-state index >= 15 is 0 Å². The summed E-state index contributed by atoms with van der Waals surface area (Å²) in [6.07, 6.45) is 0. The van der Waals surface area contributed by atoms with Crippen molar-refractivity contribution in [2.45, 2.75) is 13.8 Å². The van der Waals surface area contributed by atoms with Crippen LogP contribution in [-0.4, -0.2) is 11.5 Å². The van der Waals surface area contributed by atoms with Gasteiger partial charge in [-0.3, -0.25) is 0 Å². The average Bonchev–Trinajstić information content (AvgIpc) is 2.42. The van der Waals surface area contributed by atoms with E-state index in [1.807, 2.05) is 24.3 Å². The van der Waals surface area contributed by atoms with Gasteiger partial charge in [-0.25, -0.2) is 0 Å². The van der Waals surface area contributed by atoms with Gasteiger partial charge in [-0.05, 0) is 43.7 Å². The molecule has 0 bridgehead atoms. The van der Waals surface area contributed by atoms with Gasteiger partial charge in [0.05, 0.1) is 5.69 Å². The van der Waals surface area contributed by atoms with Gasteiger partial charge >= 0.3 is 0 Å². The van der Waals surface area contributed by atoms with E-state index in [1.165, 1.54) is 11.3 Å². The highest BCUT2D eigenvalue weighted by atomic mass is 79.9. The number of nitrogens with two attached hydrogens (primary N) is 1. The number of nitrogens with zero attached hydrogens (tertiary/aromatic N) is 1. The molecule has 4 heteroatoms. The standard InChI is InChI=1S/C16H17BrN2S/c1-3-19(14-7-5-4-6-11(14)2)15-9-8-12(17)10-13(15)16(18)20/h4-10H,3H2,1-2H3,(H2,18,20). The molecule has 0 saturated heterocycles. The van der Waals surface area contributed by atoms with Crippen LogP contribution < -0.4 is 10.6 Å². The number of benzene rings is 2. The number of halogens is 1. The van der Waals surface area contributed by atoms with Crippen molar-refractivity contribution in [2.75, 3.05) is 11.4 Å². The summed E-state index contributed by atoms with van der Waals surface area (Å²) in [6.45, 7) is 5.08. The molecule has 0 saturated carbocycles. The Kier molecular flexibility index (Phi) is 4.78. The van der Waals surface area contributed by atoms with Crippen LogP contribution in [0.3, 0.4) is 0 Å². The normalized spacial score (nSPS) is 10.3. The number of para-hydroxylation sites is 1. The molecular formula is C16H17BrN2S. The third kappa shape index (κ3) is 3.02. The minimum absolute atomic E-state index is 0.410. The lowest BCUT2D eigenvalue weighted by atomic mass is 10.1. The molecule has 20 heavy (non-hydrogen) atoms. The van der Waals surface area contributed by atoms with E-state index in [0.29, 0.717) is 4.99 Å². The molecule has 104 valence electrons. The number of thiocarbonyl (C=S) groups is 1. The van der Waals surface area contributed by atoms with Crippen molar-refractivity contribution in [3.8, 4) is 0 Å². The molecule has 0 aromatic heterocycles. The van der Waals surface area contributed by atoms with Crippen molar-refractivity contribution >= 4 is 44.5 Å². The fourth-order valence-electron chi connectivity index (χ4n) is 2.28. The van der Waals surface area contributed by atoms with Gasteiger partial charge in [0, 0.05) is 22.3 Å². The second-order valence-corrected chi connectivity index (χ2v) is 5.91. The van der Waals surface area contributed by atoms with Crippen LogP contribution in [0.4, 0.5) is 11.4 Å². The van der Waals surface area contributed by atoms with Crippen LogP contribution in [0.25, 0.3) is 0 Å². The van der Waals surface area contributed by atoms with E-state index in [4.69, 9.17) is 18.0 Å².